The molecule has 2 unspecified atom stereocenters. The van der Waals surface area contributed by atoms with E-state index in [1.165, 1.54) is 12.1 Å². The van der Waals surface area contributed by atoms with Crippen LogP contribution in [0.15, 0.2) is 36.4 Å². The highest BCUT2D eigenvalue weighted by atomic mass is 19.2. The monoisotopic (exact) mass is 622 g/mol. The molecule has 2 amide bonds. The molecule has 0 spiro atoms. The smallest absolute Gasteiger partial charge is 0.240 e. The van der Waals surface area contributed by atoms with Crippen LogP contribution < -0.4 is 22.5 Å². The van der Waals surface area contributed by atoms with E-state index >= 15 is 0 Å². The number of nitrogens with one attached hydrogen (secondary N) is 1. The van der Waals surface area contributed by atoms with E-state index in [0.29, 0.717) is 37.1 Å². The van der Waals surface area contributed by atoms with Gasteiger partial charge in [0, 0.05) is 38.3 Å². The second kappa shape index (κ2) is 16.9. The summed E-state index contributed by atoms with van der Waals surface area (Å²) in [6.07, 6.45) is 2.85. The molecular formula is C32H46F4N6O2. The van der Waals surface area contributed by atoms with Crippen molar-refractivity contribution in [2.24, 2.45) is 23.1 Å². The summed E-state index contributed by atoms with van der Waals surface area (Å²) < 4.78 is 54.5. The first-order valence-corrected chi connectivity index (χ1v) is 15.3. The van der Waals surface area contributed by atoms with Crippen molar-refractivity contribution in [1.29, 1.82) is 0 Å². The van der Waals surface area contributed by atoms with Gasteiger partial charge in [0.1, 0.15) is 0 Å². The summed E-state index contributed by atoms with van der Waals surface area (Å²) in [4.78, 5) is 31.0. The molecule has 4 atom stereocenters. The van der Waals surface area contributed by atoms with Crippen molar-refractivity contribution in [2.75, 3.05) is 32.7 Å². The fourth-order valence-electron chi connectivity index (χ4n) is 5.78. The van der Waals surface area contributed by atoms with Crippen molar-refractivity contribution < 1.29 is 27.2 Å². The van der Waals surface area contributed by atoms with Gasteiger partial charge in [-0.2, -0.15) is 0 Å². The summed E-state index contributed by atoms with van der Waals surface area (Å²) in [5.41, 5.74) is 19.1. The standard InChI is InChI=1S/C32H46F4N6O2/c1-20(2)13-24-19-41(31(43)29(38)16-21-6-8-25(33)27(35)14-21)23(5-3-4-11-40-12-10-37)18-42(24)32(44)30(39)17-22-7-9-26(34)28(36)15-22/h6-9,14-15,20,23-24,29-30,40H,3-5,10-13,16-19,37-39H2,1-2H3/t23?,24-,29?,30-/m1/s1. The topological polar surface area (TPSA) is 131 Å². The van der Waals surface area contributed by atoms with Crippen LogP contribution >= 0.6 is 0 Å². The first-order chi connectivity index (χ1) is 20.9. The van der Waals surface area contributed by atoms with Gasteiger partial charge in [-0.3, -0.25) is 9.59 Å². The Morgan fingerprint density at radius 2 is 1.30 bits per heavy atom. The molecular weight excluding hydrogens is 576 g/mol. The molecule has 2 aromatic rings. The first kappa shape index (κ1) is 35.4. The minimum absolute atomic E-state index is 0.0266. The maximum absolute atomic E-state index is 13.8. The van der Waals surface area contributed by atoms with Crippen molar-refractivity contribution in [3.8, 4) is 0 Å². The second-order valence-electron chi connectivity index (χ2n) is 12.1. The molecule has 1 heterocycles. The third kappa shape index (κ3) is 9.98. The summed E-state index contributed by atoms with van der Waals surface area (Å²) in [5.74, 6) is -4.43. The molecule has 0 saturated carbocycles. The summed E-state index contributed by atoms with van der Waals surface area (Å²) in [5, 5.41) is 3.25. The number of hydrogen-bond donors (Lipinski definition) is 4. The number of unbranched alkanes of at least 4 members (excludes halogenated alkanes) is 1. The Morgan fingerprint density at radius 3 is 1.77 bits per heavy atom. The summed E-state index contributed by atoms with van der Waals surface area (Å²) in [6.45, 7) is 6.49. The highest BCUT2D eigenvalue weighted by molar-refractivity contribution is 5.85. The van der Waals surface area contributed by atoms with Crippen molar-refractivity contribution in [1.82, 2.24) is 15.1 Å². The lowest BCUT2D eigenvalue weighted by Crippen LogP contribution is -2.65. The van der Waals surface area contributed by atoms with E-state index in [1.807, 2.05) is 13.8 Å². The van der Waals surface area contributed by atoms with Crippen LogP contribution in [-0.2, 0) is 22.4 Å². The Kier molecular flexibility index (Phi) is 13.6. The first-order valence-electron chi connectivity index (χ1n) is 15.3. The summed E-state index contributed by atoms with van der Waals surface area (Å²) in [6, 6.07) is 4.23. The maximum atomic E-state index is 13.8. The second-order valence-corrected chi connectivity index (χ2v) is 12.1. The molecule has 1 saturated heterocycles. The van der Waals surface area contributed by atoms with Crippen molar-refractivity contribution in [3.05, 3.63) is 70.8 Å². The lowest BCUT2D eigenvalue weighted by Gasteiger charge is -2.48. The van der Waals surface area contributed by atoms with Gasteiger partial charge in [0.15, 0.2) is 23.3 Å². The molecule has 0 aromatic heterocycles. The minimum atomic E-state index is -1.01. The summed E-state index contributed by atoms with van der Waals surface area (Å²) >= 11 is 0. The molecule has 3 rings (SSSR count). The summed E-state index contributed by atoms with van der Waals surface area (Å²) in [7, 11) is 0. The number of benzene rings is 2. The molecule has 8 nitrogen and oxygen atoms in total. The van der Waals surface area contributed by atoms with Crippen molar-refractivity contribution >= 4 is 11.8 Å². The van der Waals surface area contributed by atoms with Crippen molar-refractivity contribution in [3.63, 3.8) is 0 Å². The number of halogens is 4. The van der Waals surface area contributed by atoms with E-state index in [0.717, 1.165) is 43.7 Å². The minimum Gasteiger partial charge on any atom is -0.335 e. The highest BCUT2D eigenvalue weighted by Crippen LogP contribution is 2.26. The van der Waals surface area contributed by atoms with Gasteiger partial charge in [-0.1, -0.05) is 32.4 Å². The van der Waals surface area contributed by atoms with Gasteiger partial charge in [-0.15, -0.1) is 0 Å². The Morgan fingerprint density at radius 1 is 0.795 bits per heavy atom. The Bertz CT molecular complexity index is 1250. The fourth-order valence-corrected chi connectivity index (χ4v) is 5.78. The molecule has 1 aliphatic heterocycles. The number of amides is 2. The van der Waals surface area contributed by atoms with Gasteiger partial charge in [0.05, 0.1) is 12.1 Å². The zero-order valence-electron chi connectivity index (χ0n) is 25.6. The molecule has 0 bridgehead atoms. The molecule has 244 valence electrons. The van der Waals surface area contributed by atoms with E-state index in [2.05, 4.69) is 5.32 Å². The number of rotatable bonds is 15. The number of nitrogens with zero attached hydrogens (tertiary/aromatic N) is 2. The van der Waals surface area contributed by atoms with Gasteiger partial charge in [-0.05, 0) is 80.0 Å². The van der Waals surface area contributed by atoms with Crippen LogP contribution in [0.5, 0.6) is 0 Å². The third-order valence-electron chi connectivity index (χ3n) is 7.98. The zero-order chi connectivity index (χ0) is 32.4. The predicted octanol–water partition coefficient (Wildman–Crippen LogP) is 2.86. The molecule has 12 heteroatoms. The quantitative estimate of drug-likeness (QED) is 0.179. The Balaban J connectivity index is 1.81. The van der Waals surface area contributed by atoms with Crippen molar-refractivity contribution in [2.45, 2.75) is 76.5 Å². The average Bonchev–Trinajstić information content (AvgIpc) is 2.98. The molecule has 1 fully saturated rings. The predicted molar refractivity (Wildman–Crippen MR) is 162 cm³/mol. The molecule has 0 aliphatic carbocycles. The Labute approximate surface area is 257 Å². The molecule has 44 heavy (non-hydrogen) atoms. The number of hydrogen-bond acceptors (Lipinski definition) is 6. The van der Waals surface area contributed by atoms with E-state index in [1.54, 1.807) is 9.80 Å². The van der Waals surface area contributed by atoms with Gasteiger partial charge in [-0.25, -0.2) is 17.6 Å². The highest BCUT2D eigenvalue weighted by Gasteiger charge is 2.40. The van der Waals surface area contributed by atoms with E-state index < -0.39 is 35.4 Å². The van der Waals surface area contributed by atoms with Crippen LogP contribution in [0.1, 0.15) is 50.7 Å². The number of piperazine rings is 1. The van der Waals surface area contributed by atoms with Crippen LogP contribution in [0, 0.1) is 29.2 Å². The number of carbonyl (C=O) groups is 2. The molecule has 0 radical (unpaired) electrons. The molecule has 1 aliphatic rings. The lowest BCUT2D eigenvalue weighted by atomic mass is 9.93. The number of nitrogens with two attached hydrogens (primary N) is 3. The van der Waals surface area contributed by atoms with Gasteiger partial charge < -0.3 is 32.3 Å². The maximum Gasteiger partial charge on any atom is 0.240 e. The Hall–Kier alpha value is -3.06. The molecule has 7 N–H and O–H groups in total. The van der Waals surface area contributed by atoms with Gasteiger partial charge >= 0.3 is 0 Å². The van der Waals surface area contributed by atoms with E-state index in [4.69, 9.17) is 17.2 Å². The van der Waals surface area contributed by atoms with Crippen LogP contribution in [0.4, 0.5) is 17.6 Å². The van der Waals surface area contributed by atoms with Crippen LogP contribution in [0.3, 0.4) is 0 Å². The van der Waals surface area contributed by atoms with Crippen LogP contribution in [-0.4, -0.2) is 78.5 Å². The normalized spacial score (nSPS) is 18.5. The van der Waals surface area contributed by atoms with E-state index in [9.17, 15) is 27.2 Å². The van der Waals surface area contributed by atoms with Gasteiger partial charge in [0.2, 0.25) is 11.8 Å². The SMILES string of the molecule is CC(C)C[C@@H]1CN(C(=O)C(N)Cc2ccc(F)c(F)c2)C(CCCCNCCN)CN1C(=O)[C@H](N)Cc1ccc(F)c(F)c1. The van der Waals surface area contributed by atoms with Crippen LogP contribution in [0.25, 0.3) is 0 Å². The lowest BCUT2D eigenvalue weighted by molar-refractivity contribution is -0.149. The zero-order valence-corrected chi connectivity index (χ0v) is 25.6. The third-order valence-corrected chi connectivity index (χ3v) is 7.98. The van der Waals surface area contributed by atoms with E-state index in [-0.39, 0.29) is 55.7 Å². The molecule has 2 aromatic carbocycles. The average molecular weight is 623 g/mol. The largest absolute Gasteiger partial charge is 0.335 e. The van der Waals surface area contributed by atoms with Crippen LogP contribution in [0.2, 0.25) is 0 Å². The van der Waals surface area contributed by atoms with Gasteiger partial charge in [0.25, 0.3) is 0 Å². The number of carbonyl (C=O) groups excluding carboxylic acids is 2. The fraction of sp³-hybridized carbons (Fsp3) is 0.562.